The molecule has 0 aromatic rings. The zero-order chi connectivity index (χ0) is 9.10. The first-order valence-electron chi connectivity index (χ1n) is 5.04. The Morgan fingerprint density at radius 3 is 2.69 bits per heavy atom. The van der Waals surface area contributed by atoms with E-state index in [1.807, 2.05) is 0 Å². The fourth-order valence-corrected chi connectivity index (χ4v) is 1.98. The molecule has 13 heavy (non-hydrogen) atoms. The first-order chi connectivity index (χ1) is 6.38. The summed E-state index contributed by atoms with van der Waals surface area (Å²) in [6.07, 6.45) is 5.29. The molecule has 3 heteroatoms. The Bertz CT molecular complexity index is 197. The molecule has 1 atom stereocenters. The van der Waals surface area contributed by atoms with E-state index in [2.05, 4.69) is 6.08 Å². The fraction of sp³-hybridized carbons (Fsp3) is 0.800. The van der Waals surface area contributed by atoms with Crippen molar-refractivity contribution in [3.63, 3.8) is 0 Å². The normalized spacial score (nSPS) is 26.7. The average Bonchev–Trinajstić information content (AvgIpc) is 2.71. The lowest BCUT2D eigenvalue weighted by Crippen LogP contribution is -2.36. The van der Waals surface area contributed by atoms with Crippen LogP contribution in [0.5, 0.6) is 0 Å². The molecular weight excluding hydrogens is 166 g/mol. The summed E-state index contributed by atoms with van der Waals surface area (Å²) in [4.78, 5) is 0. The minimum atomic E-state index is 0.103. The van der Waals surface area contributed by atoms with Gasteiger partial charge in [0.25, 0.3) is 0 Å². The Morgan fingerprint density at radius 2 is 2.08 bits per heavy atom. The molecule has 74 valence electrons. The summed E-state index contributed by atoms with van der Waals surface area (Å²) in [5.74, 6) is 1.56. The van der Waals surface area contributed by atoms with Crippen molar-refractivity contribution < 1.29 is 9.47 Å². The maximum Gasteiger partial charge on any atom is 0.109 e. The first-order valence-corrected chi connectivity index (χ1v) is 5.04. The predicted octanol–water partition coefficient (Wildman–Crippen LogP) is 1.04. The Kier molecular flexibility index (Phi) is 2.86. The van der Waals surface area contributed by atoms with E-state index in [-0.39, 0.29) is 6.04 Å². The highest BCUT2D eigenvalue weighted by Gasteiger charge is 2.26. The van der Waals surface area contributed by atoms with Crippen molar-refractivity contribution in [1.29, 1.82) is 0 Å². The Balaban J connectivity index is 1.90. The van der Waals surface area contributed by atoms with Crippen LogP contribution in [0.4, 0.5) is 0 Å². The van der Waals surface area contributed by atoms with Crippen molar-refractivity contribution in [2.24, 2.45) is 11.7 Å². The number of hydrogen-bond acceptors (Lipinski definition) is 3. The number of nitrogens with two attached hydrogens (primary N) is 1. The van der Waals surface area contributed by atoms with Gasteiger partial charge in [0, 0.05) is 19.6 Å². The molecule has 0 aromatic carbocycles. The molecule has 2 heterocycles. The van der Waals surface area contributed by atoms with Crippen molar-refractivity contribution in [2.45, 2.75) is 25.3 Å². The van der Waals surface area contributed by atoms with E-state index in [0.29, 0.717) is 5.92 Å². The fourth-order valence-electron chi connectivity index (χ4n) is 1.98. The molecule has 2 N–H and O–H groups in total. The van der Waals surface area contributed by atoms with E-state index < -0.39 is 0 Å². The zero-order valence-electron chi connectivity index (χ0n) is 7.87. The lowest BCUT2D eigenvalue weighted by Gasteiger charge is -2.27. The van der Waals surface area contributed by atoms with Gasteiger partial charge in [0.15, 0.2) is 0 Å². The summed E-state index contributed by atoms with van der Waals surface area (Å²) in [5.41, 5.74) is 6.10. The van der Waals surface area contributed by atoms with Gasteiger partial charge in [0.1, 0.15) is 5.76 Å². The van der Waals surface area contributed by atoms with Gasteiger partial charge in [-0.05, 0) is 24.8 Å². The molecule has 2 aliphatic rings. The Hall–Kier alpha value is -0.540. The van der Waals surface area contributed by atoms with Crippen LogP contribution in [0.1, 0.15) is 19.3 Å². The molecule has 3 nitrogen and oxygen atoms in total. The molecule has 1 saturated heterocycles. The van der Waals surface area contributed by atoms with Crippen LogP contribution in [-0.2, 0) is 9.47 Å². The quantitative estimate of drug-likeness (QED) is 0.695. The van der Waals surface area contributed by atoms with Crippen molar-refractivity contribution >= 4 is 0 Å². The van der Waals surface area contributed by atoms with Crippen LogP contribution in [0.15, 0.2) is 11.8 Å². The molecule has 2 rings (SSSR count). The first kappa shape index (κ1) is 9.03. The monoisotopic (exact) mass is 183 g/mol. The number of hydrogen-bond donors (Lipinski definition) is 1. The van der Waals surface area contributed by atoms with Crippen LogP contribution in [0.25, 0.3) is 0 Å². The summed E-state index contributed by atoms with van der Waals surface area (Å²) in [6.45, 7) is 2.52. The van der Waals surface area contributed by atoms with Crippen LogP contribution in [-0.4, -0.2) is 25.9 Å². The van der Waals surface area contributed by atoms with Crippen LogP contribution < -0.4 is 5.73 Å². The van der Waals surface area contributed by atoms with E-state index in [4.69, 9.17) is 15.2 Å². The van der Waals surface area contributed by atoms with Gasteiger partial charge in [-0.1, -0.05) is 0 Å². The predicted molar refractivity (Wildman–Crippen MR) is 50.2 cm³/mol. The van der Waals surface area contributed by atoms with Gasteiger partial charge in [0.05, 0.1) is 12.6 Å². The van der Waals surface area contributed by atoms with E-state index in [9.17, 15) is 0 Å². The largest absolute Gasteiger partial charge is 0.496 e. The van der Waals surface area contributed by atoms with Gasteiger partial charge in [0.2, 0.25) is 0 Å². The van der Waals surface area contributed by atoms with Crippen LogP contribution in [0.3, 0.4) is 0 Å². The second kappa shape index (κ2) is 4.11. The third-order valence-corrected chi connectivity index (χ3v) is 2.83. The highest BCUT2D eigenvalue weighted by Crippen LogP contribution is 2.24. The molecule has 0 bridgehead atoms. The summed E-state index contributed by atoms with van der Waals surface area (Å²) in [7, 11) is 0. The molecule has 0 radical (unpaired) electrons. The summed E-state index contributed by atoms with van der Waals surface area (Å²) < 4.78 is 10.8. The van der Waals surface area contributed by atoms with E-state index in [1.165, 1.54) is 0 Å². The van der Waals surface area contributed by atoms with Crippen molar-refractivity contribution in [3.05, 3.63) is 11.8 Å². The summed E-state index contributed by atoms with van der Waals surface area (Å²) >= 11 is 0. The summed E-state index contributed by atoms with van der Waals surface area (Å²) in [5, 5.41) is 0. The van der Waals surface area contributed by atoms with Crippen LogP contribution in [0.2, 0.25) is 0 Å². The molecule has 1 fully saturated rings. The molecule has 2 aliphatic heterocycles. The van der Waals surface area contributed by atoms with Crippen LogP contribution >= 0.6 is 0 Å². The number of ether oxygens (including phenoxy) is 2. The maximum absolute atomic E-state index is 6.10. The van der Waals surface area contributed by atoms with Gasteiger partial charge >= 0.3 is 0 Å². The van der Waals surface area contributed by atoms with Crippen molar-refractivity contribution in [3.8, 4) is 0 Å². The third kappa shape index (κ3) is 2.03. The molecule has 0 aromatic heterocycles. The van der Waals surface area contributed by atoms with E-state index in [1.54, 1.807) is 0 Å². The molecule has 0 amide bonds. The second-order valence-corrected chi connectivity index (χ2v) is 3.72. The molecule has 0 saturated carbocycles. The second-order valence-electron chi connectivity index (χ2n) is 3.72. The van der Waals surface area contributed by atoms with Crippen molar-refractivity contribution in [2.75, 3.05) is 19.8 Å². The zero-order valence-corrected chi connectivity index (χ0v) is 7.87. The lowest BCUT2D eigenvalue weighted by molar-refractivity contribution is 0.0552. The van der Waals surface area contributed by atoms with Gasteiger partial charge in [-0.15, -0.1) is 0 Å². The molecular formula is C10H17NO2. The van der Waals surface area contributed by atoms with Gasteiger partial charge in [-0.2, -0.15) is 0 Å². The topological polar surface area (TPSA) is 44.5 Å². The third-order valence-electron chi connectivity index (χ3n) is 2.83. The Labute approximate surface area is 78.9 Å². The van der Waals surface area contributed by atoms with Crippen LogP contribution in [0, 0.1) is 5.92 Å². The highest BCUT2D eigenvalue weighted by molar-refractivity contribution is 5.08. The summed E-state index contributed by atoms with van der Waals surface area (Å²) in [6, 6.07) is 0.103. The SMILES string of the molecule is NC(C1=CCCO1)C1CCOCC1. The minimum Gasteiger partial charge on any atom is -0.496 e. The van der Waals surface area contributed by atoms with Gasteiger partial charge in [-0.25, -0.2) is 0 Å². The number of rotatable bonds is 2. The molecule has 1 unspecified atom stereocenters. The average molecular weight is 183 g/mol. The van der Waals surface area contributed by atoms with E-state index >= 15 is 0 Å². The minimum absolute atomic E-state index is 0.103. The molecule has 0 aliphatic carbocycles. The van der Waals surface area contributed by atoms with Gasteiger partial charge < -0.3 is 15.2 Å². The highest BCUT2D eigenvalue weighted by atomic mass is 16.5. The van der Waals surface area contributed by atoms with E-state index in [0.717, 1.165) is 44.8 Å². The van der Waals surface area contributed by atoms with Gasteiger partial charge in [-0.3, -0.25) is 0 Å². The smallest absolute Gasteiger partial charge is 0.109 e. The van der Waals surface area contributed by atoms with Crippen molar-refractivity contribution in [1.82, 2.24) is 0 Å². The molecule has 0 spiro atoms. The lowest BCUT2D eigenvalue weighted by atomic mass is 9.91. The standard InChI is InChI=1S/C10H17NO2/c11-10(9-2-1-5-13-9)8-3-6-12-7-4-8/h2,8,10H,1,3-7,11H2. The maximum atomic E-state index is 6.10. The Morgan fingerprint density at radius 1 is 1.31 bits per heavy atom.